The Bertz CT molecular complexity index is 497. The van der Waals surface area contributed by atoms with Gasteiger partial charge in [-0.15, -0.1) is 0 Å². The molecule has 0 radical (unpaired) electrons. The Morgan fingerprint density at radius 1 is 1.30 bits per heavy atom. The standard InChI is InChI=1S/C12H13NO7/c1-8(11(14)18-2)7-19-12(15)20-10-5-3-9(4-6-10)13(16)17/h3-6,8H,7H2,1-2H3/t8-/m0/s1. The number of hydrogen-bond acceptors (Lipinski definition) is 7. The van der Waals surface area contributed by atoms with E-state index in [1.54, 1.807) is 0 Å². The molecule has 20 heavy (non-hydrogen) atoms. The summed E-state index contributed by atoms with van der Waals surface area (Å²) in [6.07, 6.45) is -1.00. The van der Waals surface area contributed by atoms with Crippen LogP contribution in [-0.4, -0.2) is 30.8 Å². The maximum absolute atomic E-state index is 11.3. The fraction of sp³-hybridized carbons (Fsp3) is 0.333. The zero-order valence-corrected chi connectivity index (χ0v) is 10.9. The first-order valence-corrected chi connectivity index (χ1v) is 5.61. The van der Waals surface area contributed by atoms with Crippen LogP contribution in [0.1, 0.15) is 6.92 Å². The minimum Gasteiger partial charge on any atom is -0.469 e. The van der Waals surface area contributed by atoms with Gasteiger partial charge in [-0.1, -0.05) is 0 Å². The first-order valence-electron chi connectivity index (χ1n) is 5.61. The third kappa shape index (κ3) is 4.56. The highest BCUT2D eigenvalue weighted by atomic mass is 16.7. The highest BCUT2D eigenvalue weighted by Gasteiger charge is 2.16. The minimum absolute atomic E-state index is 0.103. The number of methoxy groups -OCH3 is 1. The van der Waals surface area contributed by atoms with Crippen molar-refractivity contribution in [1.29, 1.82) is 0 Å². The van der Waals surface area contributed by atoms with Gasteiger partial charge in [-0.2, -0.15) is 0 Å². The third-order valence-corrected chi connectivity index (χ3v) is 2.30. The Kier molecular flexibility index (Phi) is 5.45. The average Bonchev–Trinajstić information content (AvgIpc) is 2.44. The van der Waals surface area contributed by atoms with E-state index in [1.165, 1.54) is 38.3 Å². The summed E-state index contributed by atoms with van der Waals surface area (Å²) in [7, 11) is 1.23. The van der Waals surface area contributed by atoms with Crippen LogP contribution in [-0.2, 0) is 14.3 Å². The van der Waals surface area contributed by atoms with Crippen molar-refractivity contribution in [1.82, 2.24) is 0 Å². The van der Waals surface area contributed by atoms with Crippen molar-refractivity contribution in [3.63, 3.8) is 0 Å². The maximum atomic E-state index is 11.3. The number of carbonyl (C=O) groups is 2. The maximum Gasteiger partial charge on any atom is 0.513 e. The Morgan fingerprint density at radius 2 is 1.90 bits per heavy atom. The molecule has 0 aromatic heterocycles. The van der Waals surface area contributed by atoms with E-state index in [-0.39, 0.29) is 18.0 Å². The quantitative estimate of drug-likeness (QED) is 0.352. The fourth-order valence-corrected chi connectivity index (χ4v) is 1.22. The van der Waals surface area contributed by atoms with Crippen LogP contribution in [0, 0.1) is 16.0 Å². The van der Waals surface area contributed by atoms with Crippen LogP contribution in [0.15, 0.2) is 24.3 Å². The Labute approximate surface area is 114 Å². The molecule has 0 N–H and O–H groups in total. The predicted molar refractivity (Wildman–Crippen MR) is 66.3 cm³/mol. The molecule has 0 spiro atoms. The smallest absolute Gasteiger partial charge is 0.469 e. The normalized spacial score (nSPS) is 11.3. The largest absolute Gasteiger partial charge is 0.513 e. The molecule has 0 unspecified atom stereocenters. The molecule has 8 heteroatoms. The van der Waals surface area contributed by atoms with E-state index in [9.17, 15) is 19.7 Å². The van der Waals surface area contributed by atoms with Crippen molar-refractivity contribution in [3.05, 3.63) is 34.4 Å². The number of non-ortho nitro benzene ring substituents is 1. The highest BCUT2D eigenvalue weighted by Crippen LogP contribution is 2.17. The van der Waals surface area contributed by atoms with E-state index >= 15 is 0 Å². The van der Waals surface area contributed by atoms with Gasteiger partial charge in [-0.3, -0.25) is 14.9 Å². The number of nitro groups is 1. The van der Waals surface area contributed by atoms with Gasteiger partial charge in [-0.25, -0.2) is 4.79 Å². The second kappa shape index (κ2) is 7.07. The Hall–Kier alpha value is -2.64. The minimum atomic E-state index is -1.00. The lowest BCUT2D eigenvalue weighted by atomic mass is 10.2. The number of benzene rings is 1. The van der Waals surface area contributed by atoms with Crippen molar-refractivity contribution in [2.24, 2.45) is 5.92 Å². The number of carbonyl (C=O) groups excluding carboxylic acids is 2. The summed E-state index contributed by atoms with van der Waals surface area (Å²) < 4.78 is 14.0. The van der Waals surface area contributed by atoms with Crippen molar-refractivity contribution in [2.75, 3.05) is 13.7 Å². The van der Waals surface area contributed by atoms with Gasteiger partial charge in [0.05, 0.1) is 18.0 Å². The molecule has 1 atom stereocenters. The van der Waals surface area contributed by atoms with Crippen LogP contribution in [0.2, 0.25) is 0 Å². The topological polar surface area (TPSA) is 105 Å². The molecule has 8 nitrogen and oxygen atoms in total. The highest BCUT2D eigenvalue weighted by molar-refractivity contribution is 5.72. The summed E-state index contributed by atoms with van der Waals surface area (Å²) in [4.78, 5) is 32.2. The van der Waals surface area contributed by atoms with Crippen molar-refractivity contribution in [3.8, 4) is 5.75 Å². The second-order valence-corrected chi connectivity index (χ2v) is 3.84. The van der Waals surface area contributed by atoms with Gasteiger partial charge in [0.15, 0.2) is 0 Å². The molecule has 0 aliphatic carbocycles. The fourth-order valence-electron chi connectivity index (χ4n) is 1.22. The molecule has 0 saturated carbocycles. The summed E-state index contributed by atoms with van der Waals surface area (Å²) in [5.74, 6) is -1.01. The SMILES string of the molecule is COC(=O)[C@@H](C)COC(=O)Oc1ccc([N+](=O)[O-])cc1. The second-order valence-electron chi connectivity index (χ2n) is 3.84. The molecule has 0 aliphatic rings. The summed E-state index contributed by atoms with van der Waals surface area (Å²) in [6, 6.07) is 4.92. The molecule has 0 saturated heterocycles. The number of hydrogen-bond donors (Lipinski definition) is 0. The van der Waals surface area contributed by atoms with Crippen LogP contribution in [0.4, 0.5) is 10.5 Å². The van der Waals surface area contributed by atoms with Crippen LogP contribution in [0.5, 0.6) is 5.75 Å². The van der Waals surface area contributed by atoms with Crippen molar-refractivity contribution >= 4 is 17.8 Å². The van der Waals surface area contributed by atoms with E-state index in [0.717, 1.165) is 0 Å². The van der Waals surface area contributed by atoms with Gasteiger partial charge in [0.25, 0.3) is 5.69 Å². The first-order chi connectivity index (χ1) is 9.43. The molecule has 1 rings (SSSR count). The van der Waals surface area contributed by atoms with Gasteiger partial charge < -0.3 is 14.2 Å². The van der Waals surface area contributed by atoms with Crippen LogP contribution in [0.25, 0.3) is 0 Å². The van der Waals surface area contributed by atoms with Gasteiger partial charge in [0.1, 0.15) is 12.4 Å². The average molecular weight is 283 g/mol. The lowest BCUT2D eigenvalue weighted by Crippen LogP contribution is -2.22. The molecule has 0 fully saturated rings. The number of rotatable bonds is 5. The zero-order chi connectivity index (χ0) is 15.1. The number of nitro benzene ring substituents is 1. The number of esters is 1. The van der Waals surface area contributed by atoms with Crippen molar-refractivity contribution in [2.45, 2.75) is 6.92 Å². The molecule has 0 heterocycles. The van der Waals surface area contributed by atoms with Gasteiger partial charge in [-0.05, 0) is 19.1 Å². The van der Waals surface area contributed by atoms with Crippen LogP contribution < -0.4 is 4.74 Å². The molecular formula is C12H13NO7. The lowest BCUT2D eigenvalue weighted by Gasteiger charge is -2.09. The summed E-state index contributed by atoms with van der Waals surface area (Å²) in [6.45, 7) is 1.35. The summed E-state index contributed by atoms with van der Waals surface area (Å²) >= 11 is 0. The van der Waals surface area contributed by atoms with E-state index in [1.807, 2.05) is 0 Å². The molecule has 0 amide bonds. The molecule has 1 aromatic carbocycles. The lowest BCUT2D eigenvalue weighted by molar-refractivity contribution is -0.384. The van der Waals surface area contributed by atoms with E-state index < -0.39 is 23.0 Å². The van der Waals surface area contributed by atoms with Crippen LogP contribution in [0.3, 0.4) is 0 Å². The van der Waals surface area contributed by atoms with E-state index in [2.05, 4.69) is 4.74 Å². The van der Waals surface area contributed by atoms with Gasteiger partial charge in [0, 0.05) is 12.1 Å². The predicted octanol–water partition coefficient (Wildman–Crippen LogP) is 1.92. The number of ether oxygens (including phenoxy) is 3. The number of nitrogens with zero attached hydrogens (tertiary/aromatic N) is 1. The molecule has 0 aliphatic heterocycles. The van der Waals surface area contributed by atoms with Gasteiger partial charge in [0.2, 0.25) is 0 Å². The first kappa shape index (κ1) is 15.4. The zero-order valence-electron chi connectivity index (χ0n) is 10.9. The third-order valence-electron chi connectivity index (χ3n) is 2.30. The van der Waals surface area contributed by atoms with Crippen LogP contribution >= 0.6 is 0 Å². The van der Waals surface area contributed by atoms with Gasteiger partial charge >= 0.3 is 12.1 Å². The van der Waals surface area contributed by atoms with E-state index in [4.69, 9.17) is 9.47 Å². The monoisotopic (exact) mass is 283 g/mol. The molecular weight excluding hydrogens is 270 g/mol. The summed E-state index contributed by atoms with van der Waals surface area (Å²) in [5, 5.41) is 10.4. The van der Waals surface area contributed by atoms with E-state index in [0.29, 0.717) is 0 Å². The molecule has 1 aromatic rings. The summed E-state index contributed by atoms with van der Waals surface area (Å²) in [5.41, 5.74) is -0.120. The van der Waals surface area contributed by atoms with Crippen molar-refractivity contribution < 1.29 is 28.7 Å². The molecule has 0 bridgehead atoms. The molecule has 108 valence electrons. The Balaban J connectivity index is 2.46. The Morgan fingerprint density at radius 3 is 2.40 bits per heavy atom.